The number of carbonyl (C=O) groups excluding carboxylic acids is 2. The molecule has 6 heteroatoms. The van der Waals surface area contributed by atoms with Gasteiger partial charge in [0.2, 0.25) is 5.91 Å². The van der Waals surface area contributed by atoms with E-state index in [1.807, 2.05) is 0 Å². The van der Waals surface area contributed by atoms with E-state index in [1.54, 1.807) is 18.2 Å². The van der Waals surface area contributed by atoms with E-state index >= 15 is 0 Å². The monoisotopic (exact) mass is 268 g/mol. The zero-order valence-electron chi connectivity index (χ0n) is 9.69. The molecule has 1 aromatic carbocycles. The van der Waals surface area contributed by atoms with Crippen LogP contribution >= 0.6 is 11.8 Å². The normalized spacial score (nSPS) is 14.9. The summed E-state index contributed by atoms with van der Waals surface area (Å²) in [6.07, 6.45) is 0. The van der Waals surface area contributed by atoms with Crippen molar-refractivity contribution >= 4 is 22.9 Å². The third-order valence-electron chi connectivity index (χ3n) is 2.61. The van der Waals surface area contributed by atoms with Gasteiger partial charge in [0.25, 0.3) is 5.24 Å². The van der Waals surface area contributed by atoms with Crippen LogP contribution in [0.1, 0.15) is 5.56 Å². The van der Waals surface area contributed by atoms with Gasteiger partial charge >= 0.3 is 0 Å². The lowest BCUT2D eigenvalue weighted by Crippen LogP contribution is -2.37. The van der Waals surface area contributed by atoms with Crippen LogP contribution < -0.4 is 5.32 Å². The molecule has 1 heterocycles. The van der Waals surface area contributed by atoms with Gasteiger partial charge in [0.1, 0.15) is 12.4 Å². The Morgan fingerprint density at radius 2 is 2.22 bits per heavy atom. The summed E-state index contributed by atoms with van der Waals surface area (Å²) >= 11 is 1.21. The maximum atomic E-state index is 13.3. The van der Waals surface area contributed by atoms with Crippen molar-refractivity contribution in [3.05, 3.63) is 35.6 Å². The Morgan fingerprint density at radius 1 is 1.44 bits per heavy atom. The molecule has 1 saturated heterocycles. The van der Waals surface area contributed by atoms with Crippen LogP contribution in [-0.4, -0.2) is 34.9 Å². The van der Waals surface area contributed by atoms with Crippen molar-refractivity contribution in [1.29, 1.82) is 0 Å². The average Bonchev–Trinajstić information content (AvgIpc) is 2.74. The van der Waals surface area contributed by atoms with E-state index in [4.69, 9.17) is 0 Å². The fraction of sp³-hybridized carbons (Fsp3) is 0.333. The highest BCUT2D eigenvalue weighted by atomic mass is 32.2. The lowest BCUT2D eigenvalue weighted by molar-refractivity contribution is -0.121. The molecular formula is C12H13FN2O2S. The number of halogens is 1. The largest absolute Gasteiger partial charge is 0.350 e. The summed E-state index contributed by atoms with van der Waals surface area (Å²) in [4.78, 5) is 24.4. The molecule has 4 nitrogen and oxygen atoms in total. The van der Waals surface area contributed by atoms with Crippen LogP contribution in [0.3, 0.4) is 0 Å². The summed E-state index contributed by atoms with van der Waals surface area (Å²) in [5.41, 5.74) is 0.438. The molecule has 0 bridgehead atoms. The van der Waals surface area contributed by atoms with Crippen molar-refractivity contribution in [3.8, 4) is 0 Å². The Hall–Kier alpha value is -1.56. The van der Waals surface area contributed by atoms with E-state index in [0.29, 0.717) is 12.1 Å². The van der Waals surface area contributed by atoms with Gasteiger partial charge in [-0.3, -0.25) is 9.59 Å². The highest BCUT2D eigenvalue weighted by molar-refractivity contribution is 8.13. The molecule has 1 aromatic rings. The first kappa shape index (κ1) is 12.9. The summed E-state index contributed by atoms with van der Waals surface area (Å²) in [7, 11) is 0. The number of benzene rings is 1. The molecule has 0 unspecified atom stereocenters. The van der Waals surface area contributed by atoms with Crippen LogP contribution in [0, 0.1) is 5.82 Å². The van der Waals surface area contributed by atoms with Crippen LogP contribution in [-0.2, 0) is 11.3 Å². The minimum absolute atomic E-state index is 0.0420. The highest BCUT2D eigenvalue weighted by Crippen LogP contribution is 2.16. The van der Waals surface area contributed by atoms with Gasteiger partial charge in [-0.25, -0.2) is 4.39 Å². The first-order chi connectivity index (χ1) is 8.66. The minimum atomic E-state index is -0.342. The van der Waals surface area contributed by atoms with Crippen molar-refractivity contribution in [2.75, 3.05) is 18.8 Å². The average molecular weight is 268 g/mol. The predicted molar refractivity (Wildman–Crippen MR) is 67.7 cm³/mol. The SMILES string of the molecule is O=C(CN1CCSC1=O)NCc1ccccc1F. The summed E-state index contributed by atoms with van der Waals surface area (Å²) in [5.74, 6) is 0.110. The highest BCUT2D eigenvalue weighted by Gasteiger charge is 2.22. The molecule has 1 aliphatic heterocycles. The molecular weight excluding hydrogens is 255 g/mol. The van der Waals surface area contributed by atoms with Crippen LogP contribution in [0.15, 0.2) is 24.3 Å². The molecule has 0 aliphatic carbocycles. The lowest BCUT2D eigenvalue weighted by atomic mass is 10.2. The fourth-order valence-corrected chi connectivity index (χ4v) is 2.46. The van der Waals surface area contributed by atoms with Crippen molar-refractivity contribution < 1.29 is 14.0 Å². The summed E-state index contributed by atoms with van der Waals surface area (Å²) in [6.45, 7) is 0.775. The zero-order chi connectivity index (χ0) is 13.0. The molecule has 96 valence electrons. The molecule has 0 saturated carbocycles. The van der Waals surface area contributed by atoms with Crippen molar-refractivity contribution in [3.63, 3.8) is 0 Å². The maximum absolute atomic E-state index is 13.3. The topological polar surface area (TPSA) is 49.4 Å². The number of thioether (sulfide) groups is 1. The van der Waals surface area contributed by atoms with Crippen LogP contribution in [0.25, 0.3) is 0 Å². The molecule has 0 radical (unpaired) electrons. The molecule has 1 N–H and O–H groups in total. The van der Waals surface area contributed by atoms with Crippen molar-refractivity contribution in [2.24, 2.45) is 0 Å². The Labute approximate surface area is 109 Å². The second-order valence-electron chi connectivity index (χ2n) is 3.90. The van der Waals surface area contributed by atoms with E-state index in [2.05, 4.69) is 5.32 Å². The number of amides is 2. The fourth-order valence-electron chi connectivity index (χ4n) is 1.63. The van der Waals surface area contributed by atoms with E-state index < -0.39 is 0 Å². The van der Waals surface area contributed by atoms with E-state index in [0.717, 1.165) is 5.75 Å². The van der Waals surface area contributed by atoms with Gasteiger partial charge in [-0.1, -0.05) is 30.0 Å². The van der Waals surface area contributed by atoms with Crippen LogP contribution in [0.4, 0.5) is 9.18 Å². The van der Waals surface area contributed by atoms with Gasteiger partial charge < -0.3 is 10.2 Å². The summed E-state index contributed by atoms with van der Waals surface area (Å²) in [6, 6.07) is 6.28. The molecule has 18 heavy (non-hydrogen) atoms. The van der Waals surface area contributed by atoms with Gasteiger partial charge in [-0.15, -0.1) is 0 Å². The number of rotatable bonds is 4. The molecule has 0 atom stereocenters. The van der Waals surface area contributed by atoms with Crippen LogP contribution in [0.5, 0.6) is 0 Å². The number of hydrogen-bond acceptors (Lipinski definition) is 3. The van der Waals surface area contributed by atoms with Crippen LogP contribution in [0.2, 0.25) is 0 Å². The van der Waals surface area contributed by atoms with Gasteiger partial charge in [0.15, 0.2) is 0 Å². The molecule has 1 aliphatic rings. The quantitative estimate of drug-likeness (QED) is 0.902. The Bertz CT molecular complexity index is 467. The van der Waals surface area contributed by atoms with Gasteiger partial charge in [0, 0.05) is 24.4 Å². The Kier molecular flexibility index (Phi) is 4.19. The number of nitrogens with one attached hydrogen (secondary N) is 1. The Morgan fingerprint density at radius 3 is 2.89 bits per heavy atom. The number of carbonyl (C=O) groups is 2. The summed E-state index contributed by atoms with van der Waals surface area (Å²) in [5, 5.41) is 2.53. The van der Waals surface area contributed by atoms with Crippen molar-refractivity contribution in [1.82, 2.24) is 10.2 Å². The molecule has 2 amide bonds. The van der Waals surface area contributed by atoms with Crippen molar-refractivity contribution in [2.45, 2.75) is 6.54 Å². The van der Waals surface area contributed by atoms with Gasteiger partial charge in [-0.2, -0.15) is 0 Å². The maximum Gasteiger partial charge on any atom is 0.282 e. The zero-order valence-corrected chi connectivity index (χ0v) is 10.5. The molecule has 0 aromatic heterocycles. The third-order valence-corrected chi connectivity index (χ3v) is 3.51. The second kappa shape index (κ2) is 5.86. The molecule has 2 rings (SSSR count). The van der Waals surface area contributed by atoms with Gasteiger partial charge in [0.05, 0.1) is 0 Å². The smallest absolute Gasteiger partial charge is 0.282 e. The Balaban J connectivity index is 1.82. The van der Waals surface area contributed by atoms with Gasteiger partial charge in [-0.05, 0) is 6.07 Å². The molecule has 0 spiro atoms. The number of hydrogen-bond donors (Lipinski definition) is 1. The number of nitrogens with zero attached hydrogens (tertiary/aromatic N) is 1. The van der Waals surface area contributed by atoms with E-state index in [1.165, 1.54) is 22.7 Å². The first-order valence-corrected chi connectivity index (χ1v) is 6.57. The van der Waals surface area contributed by atoms with E-state index in [-0.39, 0.29) is 30.1 Å². The molecule has 1 fully saturated rings. The predicted octanol–water partition coefficient (Wildman–Crippen LogP) is 1.61. The minimum Gasteiger partial charge on any atom is -0.350 e. The first-order valence-electron chi connectivity index (χ1n) is 5.58. The second-order valence-corrected chi connectivity index (χ2v) is 4.95. The summed E-state index contributed by atoms with van der Waals surface area (Å²) < 4.78 is 13.3. The third kappa shape index (κ3) is 3.22. The standard InChI is InChI=1S/C12H13FN2O2S/c13-10-4-2-1-3-9(10)7-14-11(16)8-15-5-6-18-12(15)17/h1-4H,5-8H2,(H,14,16). The lowest BCUT2D eigenvalue weighted by Gasteiger charge is -2.14. The van der Waals surface area contributed by atoms with E-state index in [9.17, 15) is 14.0 Å².